The third-order valence-electron chi connectivity index (χ3n) is 20.4. The zero-order chi connectivity index (χ0) is 96.0. The minimum Gasteiger partial charge on any atom is -0.395 e. The molecule has 9 aromatic rings. The third kappa shape index (κ3) is 54.1. The van der Waals surface area contributed by atoms with Crippen molar-refractivity contribution in [2.24, 2.45) is 0 Å². The smallest absolute Gasteiger partial charge is 0.297 e. The Morgan fingerprint density at radius 1 is 0.331 bits per heavy atom. The van der Waals surface area contributed by atoms with Crippen molar-refractivity contribution in [2.75, 3.05) is 161 Å². The molecule has 692 valence electrons. The first-order valence-corrected chi connectivity index (χ1v) is 45.6. The van der Waals surface area contributed by atoms with Crippen LogP contribution < -0.4 is 0 Å². The van der Waals surface area contributed by atoms with Crippen LogP contribution in [-0.2, 0) is 65.7 Å². The molecule has 130 heavy (non-hydrogen) atoms. The number of aliphatic hydroxyl groups excluding tert-OH is 1. The Kier molecular flexibility index (Phi) is 64.0. The minimum atomic E-state index is -3.79. The fourth-order valence-corrected chi connectivity index (χ4v) is 14.6. The zero-order valence-electron chi connectivity index (χ0n) is 77.5. The van der Waals surface area contributed by atoms with E-state index in [2.05, 4.69) is 93.6 Å². The zero-order valence-corrected chi connectivity index (χ0v) is 79.9. The molecule has 0 saturated heterocycles. The lowest BCUT2D eigenvalue weighted by Crippen LogP contribution is -2.38. The highest BCUT2D eigenvalue weighted by molar-refractivity contribution is 7.86. The molecule has 0 amide bonds. The number of likely N-dealkylation sites (N-methyl/N-ethyl adjacent to an activating group) is 5. The number of terminal acetylenes is 8. The highest BCUT2D eigenvalue weighted by Crippen LogP contribution is 2.19. The number of hydrogen-bond acceptors (Lipinski definition) is 12. The van der Waals surface area contributed by atoms with Crippen LogP contribution in [0.25, 0.3) is 0 Å². The van der Waals surface area contributed by atoms with Gasteiger partial charge in [0, 0.05) is 68.6 Å². The summed E-state index contributed by atoms with van der Waals surface area (Å²) >= 11 is 12.2. The maximum Gasteiger partial charge on any atom is 0.297 e. The van der Waals surface area contributed by atoms with Gasteiger partial charge in [-0.05, 0) is 158 Å². The number of nitrogens with zero attached hydrogens (tertiary/aromatic N) is 8. The Hall–Kier alpha value is -10.7. The summed E-state index contributed by atoms with van der Waals surface area (Å²) < 4.78 is 82.8. The third-order valence-corrected chi connectivity index (χ3v) is 22.3. The summed E-state index contributed by atoms with van der Waals surface area (Å²) in [7, 11) is 11.4. The molecule has 9 rings (SSSR count). The van der Waals surface area contributed by atoms with Crippen molar-refractivity contribution in [1.82, 2.24) is 39.2 Å². The van der Waals surface area contributed by atoms with Crippen LogP contribution >= 0.6 is 23.2 Å². The van der Waals surface area contributed by atoms with Crippen LogP contribution in [0.4, 0.5) is 17.6 Å². The van der Waals surface area contributed by atoms with Gasteiger partial charge in [-0.25, -0.2) is 17.6 Å². The van der Waals surface area contributed by atoms with Crippen molar-refractivity contribution in [3.63, 3.8) is 0 Å². The first kappa shape index (κ1) is 115. The van der Waals surface area contributed by atoms with Gasteiger partial charge in [0.15, 0.2) is 0 Å². The van der Waals surface area contributed by atoms with Crippen LogP contribution in [0.15, 0.2) is 272 Å². The Morgan fingerprint density at radius 3 is 0.831 bits per heavy atom. The number of alkyl halides is 6. The lowest BCUT2D eigenvalue weighted by atomic mass is 10.1. The predicted molar refractivity (Wildman–Crippen MR) is 540 cm³/mol. The van der Waals surface area contributed by atoms with Gasteiger partial charge in [0.25, 0.3) is 10.1 Å². The Morgan fingerprint density at radius 2 is 0.562 bits per heavy atom. The van der Waals surface area contributed by atoms with Gasteiger partial charge in [-0.3, -0.25) is 43.4 Å². The first-order valence-electron chi connectivity index (χ1n) is 43.2. The van der Waals surface area contributed by atoms with Crippen LogP contribution in [0.2, 0.25) is 0 Å². The van der Waals surface area contributed by atoms with E-state index >= 15 is 0 Å². The molecule has 12 nitrogen and oxygen atoms in total. The Labute approximate surface area is 790 Å². The lowest BCUT2D eigenvalue weighted by molar-refractivity contribution is 0.158. The van der Waals surface area contributed by atoms with Crippen molar-refractivity contribution in [3.05, 3.63) is 317 Å². The molecule has 1 N–H and O–H groups in total. The number of halogens is 6. The molecule has 0 saturated carbocycles. The van der Waals surface area contributed by atoms with Crippen LogP contribution in [-0.4, -0.2) is 261 Å². The molecule has 0 fully saturated rings. The maximum absolute atomic E-state index is 13.6. The van der Waals surface area contributed by atoms with E-state index in [0.29, 0.717) is 109 Å². The van der Waals surface area contributed by atoms with E-state index in [0.717, 1.165) is 59.2 Å². The molecule has 0 bridgehead atoms. The van der Waals surface area contributed by atoms with E-state index in [1.807, 2.05) is 299 Å². The molecule has 0 aliphatic carbocycles. The molecular formula is C111H136Cl2F4N8O4S. The largest absolute Gasteiger partial charge is 0.395 e. The number of rotatable bonds is 43. The second-order valence-electron chi connectivity index (χ2n) is 31.6. The second kappa shape index (κ2) is 72.1. The molecule has 0 radical (unpaired) electrons. The summed E-state index contributed by atoms with van der Waals surface area (Å²) in [5.74, 6) is 21.1. The standard InChI is InChI=1S/C20H23NO3S.2C13H16ClN.4C13H16FN.C13H17NO/c1-4-14-21(3)19(15-18-8-6-5-7-9-18)16-24-25(22,23)20-12-10-17(2)11-13-20;1-3-9-15(2)11-13(14)10-12-7-5-4-6-8-12;1-3-9-15(2)13(11-14)10-12-7-5-4-6-8-12;2*1-3-9-15(2)11-13(14)10-12-7-5-4-6-8-12;2*1-3-9-15(2)13(11-14)10-12-7-5-4-6-8-12;1-3-9-14(2)13(11-15)10-12-7-5-4-6-8-12/h1,5-13,19H,14-16H2,2-3H3;6*1,4-8,13H,9-11H2,2H3;1,4-8,13,15H,9-11H2,2H3/t19-;;13-;;;3*13-/m0.0..000/s1/i;;;14-1;;14-1;;. The average molecular weight is 1820 g/mol. The lowest BCUT2D eigenvalue weighted by Gasteiger charge is -2.26. The van der Waals surface area contributed by atoms with E-state index in [1.54, 1.807) is 24.3 Å². The van der Waals surface area contributed by atoms with Gasteiger partial charge in [0.1, 0.15) is 25.7 Å². The van der Waals surface area contributed by atoms with E-state index in [1.165, 1.54) is 16.7 Å². The van der Waals surface area contributed by atoms with Crippen molar-refractivity contribution in [2.45, 2.75) is 111 Å². The topological polar surface area (TPSA) is 89.5 Å². The van der Waals surface area contributed by atoms with Gasteiger partial charge in [-0.15, -0.1) is 74.6 Å². The number of benzene rings is 9. The average Bonchev–Trinajstić information content (AvgIpc) is 0.831. The van der Waals surface area contributed by atoms with Crippen molar-refractivity contribution in [3.8, 4) is 98.8 Å². The fourth-order valence-electron chi connectivity index (χ4n) is 12.9. The molecule has 0 spiro atoms. The first-order chi connectivity index (χ1) is 62.7. The van der Waals surface area contributed by atoms with Gasteiger partial charge in [0.2, 0.25) is 0 Å². The van der Waals surface area contributed by atoms with Crippen LogP contribution in [0.3, 0.4) is 0 Å². The van der Waals surface area contributed by atoms with E-state index < -0.39 is 22.5 Å². The van der Waals surface area contributed by atoms with Crippen molar-refractivity contribution >= 4 is 33.3 Å². The Bertz CT molecular complexity index is 4410. The molecule has 3 unspecified atom stereocenters. The van der Waals surface area contributed by atoms with E-state index in [-0.39, 0.29) is 61.0 Å². The van der Waals surface area contributed by atoms with Crippen LogP contribution in [0, 0.1) is 106 Å². The second-order valence-corrected chi connectivity index (χ2v) is 34.1. The summed E-state index contributed by atoms with van der Waals surface area (Å²) in [5, 5.41) is 9.39. The highest BCUT2D eigenvalue weighted by Gasteiger charge is 2.23. The van der Waals surface area contributed by atoms with Gasteiger partial charge in [-0.1, -0.05) is 308 Å². The van der Waals surface area contributed by atoms with Gasteiger partial charge < -0.3 is 5.11 Å². The molecule has 9 aromatic carbocycles. The number of aryl methyl sites for hydroxylation is 1. The monoisotopic (exact) mass is 1820 g/mol. The summed E-state index contributed by atoms with van der Waals surface area (Å²) in [4.78, 5) is 15.6. The summed E-state index contributed by atoms with van der Waals surface area (Å²) in [5.41, 5.74) is 10.2. The normalized spacial score (nSPS) is 12.5. The fraction of sp³-hybridized carbons (Fsp3) is 0.369. The predicted octanol–water partition coefficient (Wildman–Crippen LogP) is 17.4. The minimum absolute atomic E-state index is 0.0449. The van der Waals surface area contributed by atoms with Gasteiger partial charge in [-0.2, -0.15) is 8.42 Å². The van der Waals surface area contributed by atoms with Crippen molar-refractivity contribution in [1.29, 1.82) is 0 Å². The molecule has 0 aliphatic rings. The van der Waals surface area contributed by atoms with E-state index in [9.17, 15) is 31.1 Å². The van der Waals surface area contributed by atoms with Gasteiger partial charge in [0.05, 0.1) is 75.8 Å². The maximum atomic E-state index is 13.6. The number of hydrogen-bond donors (Lipinski definition) is 1. The summed E-state index contributed by atoms with van der Waals surface area (Å²) in [6.45, 7) is 7.19. The summed E-state index contributed by atoms with van der Waals surface area (Å²) in [6, 6.07) is 86.3. The van der Waals surface area contributed by atoms with Crippen LogP contribution in [0.5, 0.6) is 0 Å². The quantitative estimate of drug-likeness (QED) is 0.0171. The molecule has 8 atom stereocenters. The number of aliphatic hydroxyl groups is 1. The molecular weight excluding hydrogens is 1690 g/mol. The summed E-state index contributed by atoms with van der Waals surface area (Å²) in [6.07, 6.45) is 45.8. The molecule has 0 aliphatic heterocycles. The Balaban J connectivity index is 0.000000507. The molecule has 0 aromatic heterocycles. The SMILES string of the molecule is C#CCN(C)CC(Cl)Cc1ccccc1.C#CCN(C)CC(F)Cc1ccccc1.C#CCN(C)CC([18F])Cc1ccccc1.C#CCN(C)[C@H](CCl)Cc1ccccc1.C#CCN(C)[C@H](CF)Cc1ccccc1.C#CCN(C)[C@H](CO)Cc1ccccc1.C#CCN(C)[C@H](COS(=O)(=O)c1ccc(C)cc1)Cc1ccccc1.C#CCN(C)[C@H](C[18F])Cc1ccccc1. The highest BCUT2D eigenvalue weighted by atomic mass is 35.5. The van der Waals surface area contributed by atoms with E-state index in [4.69, 9.17) is 78.8 Å². The molecule has 0 heterocycles. The molecule has 19 heteroatoms. The van der Waals surface area contributed by atoms with Crippen molar-refractivity contribution < 1.29 is 35.3 Å². The van der Waals surface area contributed by atoms with Crippen LogP contribution in [0.1, 0.15) is 50.1 Å². The van der Waals surface area contributed by atoms with Gasteiger partial charge >= 0.3 is 0 Å².